The molecule has 1 N–H and O–H groups in total. The van der Waals surface area contributed by atoms with Gasteiger partial charge in [0.05, 0.1) is 11.6 Å². The van der Waals surface area contributed by atoms with Gasteiger partial charge in [-0.15, -0.1) is 24.0 Å². The van der Waals surface area contributed by atoms with E-state index in [2.05, 4.69) is 10.3 Å². The Balaban J connectivity index is 0.00000312. The predicted molar refractivity (Wildman–Crippen MR) is 109 cm³/mol. The molecular formula is C17H22ClF2IN4. The van der Waals surface area contributed by atoms with Gasteiger partial charge < -0.3 is 14.8 Å². The van der Waals surface area contributed by atoms with Crippen LogP contribution >= 0.6 is 35.6 Å². The van der Waals surface area contributed by atoms with E-state index in [1.807, 2.05) is 35.8 Å². The van der Waals surface area contributed by atoms with E-state index >= 15 is 0 Å². The van der Waals surface area contributed by atoms with Gasteiger partial charge in [-0.25, -0.2) is 8.78 Å². The lowest BCUT2D eigenvalue weighted by molar-refractivity contribution is 0.461. The second-order valence-corrected chi connectivity index (χ2v) is 5.99. The summed E-state index contributed by atoms with van der Waals surface area (Å²) in [7, 11) is 5.51. The van der Waals surface area contributed by atoms with E-state index in [-0.39, 0.29) is 24.0 Å². The Morgan fingerprint density at radius 3 is 2.68 bits per heavy atom. The van der Waals surface area contributed by atoms with Crippen molar-refractivity contribution in [2.75, 3.05) is 20.6 Å². The highest BCUT2D eigenvalue weighted by molar-refractivity contribution is 14.0. The Kier molecular flexibility index (Phi) is 8.64. The van der Waals surface area contributed by atoms with Gasteiger partial charge in [0.25, 0.3) is 0 Å². The molecule has 0 saturated carbocycles. The summed E-state index contributed by atoms with van der Waals surface area (Å²) in [5, 5.41) is 3.84. The second kappa shape index (κ2) is 9.96. The largest absolute Gasteiger partial charge is 0.356 e. The van der Waals surface area contributed by atoms with Crippen molar-refractivity contribution in [3.63, 3.8) is 0 Å². The number of hydrogen-bond donors (Lipinski definition) is 1. The maximum Gasteiger partial charge on any atom is 0.193 e. The van der Waals surface area contributed by atoms with E-state index in [1.165, 1.54) is 6.07 Å². The summed E-state index contributed by atoms with van der Waals surface area (Å²) in [5.41, 5.74) is 1.39. The van der Waals surface area contributed by atoms with Crippen molar-refractivity contribution in [3.8, 4) is 0 Å². The number of halogens is 4. The van der Waals surface area contributed by atoms with Gasteiger partial charge in [0.2, 0.25) is 0 Å². The van der Waals surface area contributed by atoms with Crippen LogP contribution < -0.4 is 5.32 Å². The van der Waals surface area contributed by atoms with Crippen molar-refractivity contribution >= 4 is 41.5 Å². The molecule has 0 unspecified atom stereocenters. The maximum absolute atomic E-state index is 13.6. The van der Waals surface area contributed by atoms with Crippen molar-refractivity contribution in [1.82, 2.24) is 14.8 Å². The number of aryl methyl sites for hydroxylation is 1. The Morgan fingerprint density at radius 1 is 1.36 bits per heavy atom. The van der Waals surface area contributed by atoms with Crippen LogP contribution in [0.1, 0.15) is 11.3 Å². The van der Waals surface area contributed by atoms with E-state index in [9.17, 15) is 8.78 Å². The molecule has 4 nitrogen and oxygen atoms in total. The van der Waals surface area contributed by atoms with Gasteiger partial charge >= 0.3 is 0 Å². The minimum absolute atomic E-state index is 0. The lowest BCUT2D eigenvalue weighted by Gasteiger charge is -2.22. The summed E-state index contributed by atoms with van der Waals surface area (Å²) in [6, 6.07) is 6.10. The average Bonchev–Trinajstić information content (AvgIpc) is 2.85. The van der Waals surface area contributed by atoms with Gasteiger partial charge in [0.15, 0.2) is 17.6 Å². The summed E-state index contributed by atoms with van der Waals surface area (Å²) >= 11 is 5.99. The third kappa shape index (κ3) is 5.85. The molecule has 0 aliphatic heterocycles. The van der Waals surface area contributed by atoms with Crippen LogP contribution in [0.25, 0.3) is 0 Å². The monoisotopic (exact) mass is 482 g/mol. The van der Waals surface area contributed by atoms with E-state index in [0.29, 0.717) is 36.1 Å². The first-order chi connectivity index (χ1) is 11.4. The van der Waals surface area contributed by atoms with Crippen molar-refractivity contribution in [2.45, 2.75) is 13.0 Å². The fourth-order valence-corrected chi connectivity index (χ4v) is 2.75. The molecule has 1 heterocycles. The SMILES string of the molecule is CN=C(NCCc1cccc(F)c1F)N(C)Cc1cc(Cl)cn1C.I. The van der Waals surface area contributed by atoms with Gasteiger partial charge in [-0.2, -0.15) is 0 Å². The van der Waals surface area contributed by atoms with Gasteiger partial charge in [-0.1, -0.05) is 23.7 Å². The number of rotatable bonds is 5. The third-order valence-electron chi connectivity index (χ3n) is 3.76. The average molecular weight is 483 g/mol. The molecule has 25 heavy (non-hydrogen) atoms. The smallest absolute Gasteiger partial charge is 0.193 e. The van der Waals surface area contributed by atoms with Crippen LogP contribution in [0.5, 0.6) is 0 Å². The predicted octanol–water partition coefficient (Wildman–Crippen LogP) is 3.82. The molecule has 0 fully saturated rings. The quantitative estimate of drug-likeness (QED) is 0.399. The van der Waals surface area contributed by atoms with E-state index in [1.54, 1.807) is 13.1 Å². The fraction of sp³-hybridized carbons (Fsp3) is 0.353. The molecule has 1 aromatic carbocycles. The molecule has 0 bridgehead atoms. The van der Waals surface area contributed by atoms with E-state index in [0.717, 1.165) is 11.8 Å². The lowest BCUT2D eigenvalue weighted by atomic mass is 10.1. The van der Waals surface area contributed by atoms with Gasteiger partial charge in [0, 0.05) is 39.6 Å². The topological polar surface area (TPSA) is 32.6 Å². The summed E-state index contributed by atoms with van der Waals surface area (Å²) in [6.07, 6.45) is 2.21. The highest BCUT2D eigenvalue weighted by atomic mass is 127. The zero-order valence-electron chi connectivity index (χ0n) is 14.4. The molecule has 2 rings (SSSR count). The van der Waals surface area contributed by atoms with Crippen LogP contribution in [0.15, 0.2) is 35.5 Å². The molecule has 0 aliphatic rings. The molecule has 138 valence electrons. The number of guanidine groups is 1. The fourth-order valence-electron chi connectivity index (χ4n) is 2.48. The molecule has 0 atom stereocenters. The Hall–Kier alpha value is -1.35. The van der Waals surface area contributed by atoms with Crippen molar-refractivity contribution in [1.29, 1.82) is 0 Å². The molecule has 0 saturated heterocycles. The number of nitrogens with zero attached hydrogens (tertiary/aromatic N) is 3. The van der Waals surface area contributed by atoms with Crippen molar-refractivity contribution < 1.29 is 8.78 Å². The highest BCUT2D eigenvalue weighted by Crippen LogP contribution is 2.14. The molecule has 0 amide bonds. The number of aromatic nitrogens is 1. The second-order valence-electron chi connectivity index (χ2n) is 5.55. The Bertz CT molecular complexity index is 733. The molecule has 2 aromatic rings. The summed E-state index contributed by atoms with van der Waals surface area (Å²) in [4.78, 5) is 6.15. The maximum atomic E-state index is 13.6. The molecular weight excluding hydrogens is 461 g/mol. The van der Waals surface area contributed by atoms with Gasteiger partial charge in [-0.05, 0) is 24.1 Å². The van der Waals surface area contributed by atoms with Crippen molar-refractivity contribution in [2.24, 2.45) is 12.0 Å². The number of aliphatic imine (C=N–C) groups is 1. The minimum Gasteiger partial charge on any atom is -0.356 e. The van der Waals surface area contributed by atoms with Crippen molar-refractivity contribution in [3.05, 3.63) is 58.4 Å². The van der Waals surface area contributed by atoms with Crippen LogP contribution in [-0.4, -0.2) is 36.1 Å². The normalized spacial score (nSPS) is 11.2. The van der Waals surface area contributed by atoms with Crippen LogP contribution in [0.4, 0.5) is 8.78 Å². The van der Waals surface area contributed by atoms with E-state index in [4.69, 9.17) is 11.6 Å². The number of nitrogens with one attached hydrogen (secondary N) is 1. The van der Waals surface area contributed by atoms with Gasteiger partial charge in [0.1, 0.15) is 0 Å². The number of benzene rings is 1. The number of hydrogen-bond acceptors (Lipinski definition) is 1. The third-order valence-corrected chi connectivity index (χ3v) is 3.96. The Morgan fingerprint density at radius 2 is 2.08 bits per heavy atom. The zero-order chi connectivity index (χ0) is 17.7. The molecule has 1 aromatic heterocycles. The minimum atomic E-state index is -0.824. The first-order valence-electron chi connectivity index (χ1n) is 7.57. The lowest BCUT2D eigenvalue weighted by Crippen LogP contribution is -2.39. The van der Waals surface area contributed by atoms with Crippen LogP contribution in [0.2, 0.25) is 5.02 Å². The molecule has 8 heteroatoms. The first-order valence-corrected chi connectivity index (χ1v) is 7.95. The Labute approximate surface area is 168 Å². The van der Waals surface area contributed by atoms with Crippen LogP contribution in [-0.2, 0) is 20.0 Å². The summed E-state index contributed by atoms with van der Waals surface area (Å²) in [6.45, 7) is 1.07. The summed E-state index contributed by atoms with van der Waals surface area (Å²) < 4.78 is 28.8. The zero-order valence-corrected chi connectivity index (χ0v) is 17.5. The van der Waals surface area contributed by atoms with Gasteiger partial charge in [-0.3, -0.25) is 4.99 Å². The highest BCUT2D eigenvalue weighted by Gasteiger charge is 2.11. The molecule has 0 aliphatic carbocycles. The van der Waals surface area contributed by atoms with Crippen LogP contribution in [0, 0.1) is 11.6 Å². The summed E-state index contributed by atoms with van der Waals surface area (Å²) in [5.74, 6) is -0.945. The standard InChI is InChI=1S/C17H21ClF2N4.HI/c1-21-17(24(3)11-14-9-13(18)10-23(14)2)22-8-7-12-5-4-6-15(19)16(12)20;/h4-6,9-10H,7-8,11H2,1-3H3,(H,21,22);1H. The first kappa shape index (κ1) is 21.7. The van der Waals surface area contributed by atoms with E-state index < -0.39 is 11.6 Å². The molecule has 0 spiro atoms. The van der Waals surface area contributed by atoms with Crippen LogP contribution in [0.3, 0.4) is 0 Å². The molecule has 0 radical (unpaired) electrons.